The number of benzene rings is 2. The molecule has 3 nitrogen and oxygen atoms in total. The number of nitrogens with two attached hydrogens (primary N) is 1. The minimum Gasteiger partial charge on any atom is -0.351 e. The predicted molar refractivity (Wildman–Crippen MR) is 83.8 cm³/mol. The van der Waals surface area contributed by atoms with Crippen LogP contribution in [0.3, 0.4) is 0 Å². The van der Waals surface area contributed by atoms with Gasteiger partial charge >= 0.3 is 0 Å². The molecule has 0 radical (unpaired) electrons. The normalized spacial score (nSPS) is 21.2. The fourth-order valence-electron chi connectivity index (χ4n) is 3.00. The third-order valence-electron chi connectivity index (χ3n) is 4.36. The van der Waals surface area contributed by atoms with Gasteiger partial charge in [0.05, 0.1) is 18.0 Å². The van der Waals surface area contributed by atoms with Crippen LogP contribution in [0.25, 0.3) is 0 Å². The fourth-order valence-corrected chi connectivity index (χ4v) is 3.00. The largest absolute Gasteiger partial charge is 0.351 e. The van der Waals surface area contributed by atoms with E-state index in [0.717, 1.165) is 12.0 Å². The van der Waals surface area contributed by atoms with Crippen LogP contribution < -0.4 is 11.1 Å². The van der Waals surface area contributed by atoms with E-state index in [1.54, 1.807) is 19.1 Å². The lowest BCUT2D eigenvalue weighted by Gasteiger charge is -2.21. The van der Waals surface area contributed by atoms with Gasteiger partial charge in [-0.25, -0.2) is 4.39 Å². The van der Waals surface area contributed by atoms with Crippen LogP contribution in [0.5, 0.6) is 0 Å². The summed E-state index contributed by atoms with van der Waals surface area (Å²) in [6.07, 6.45) is 0.735. The van der Waals surface area contributed by atoms with E-state index >= 15 is 0 Å². The fraction of sp³-hybridized carbons (Fsp3) is 0.278. The number of nitrogens with one attached hydrogen (secondary N) is 1. The van der Waals surface area contributed by atoms with Crippen molar-refractivity contribution in [3.63, 3.8) is 0 Å². The Morgan fingerprint density at radius 3 is 2.77 bits per heavy atom. The molecule has 0 aromatic heterocycles. The smallest absolute Gasteiger partial charge is 0.227 e. The molecule has 0 fully saturated rings. The number of carbonyl (C=O) groups excluding carboxylic acids is 1. The van der Waals surface area contributed by atoms with Crippen LogP contribution in [0, 0.1) is 5.82 Å². The second-order valence-corrected chi connectivity index (χ2v) is 5.82. The molecule has 1 unspecified atom stereocenters. The van der Waals surface area contributed by atoms with Crippen molar-refractivity contribution >= 4 is 5.91 Å². The maximum absolute atomic E-state index is 13.3. The topological polar surface area (TPSA) is 55.1 Å². The van der Waals surface area contributed by atoms with Crippen molar-refractivity contribution in [3.8, 4) is 0 Å². The maximum atomic E-state index is 13.3. The first-order valence-electron chi connectivity index (χ1n) is 7.45. The zero-order valence-electron chi connectivity index (χ0n) is 12.4. The van der Waals surface area contributed by atoms with Gasteiger partial charge in [-0.05, 0) is 42.2 Å². The summed E-state index contributed by atoms with van der Waals surface area (Å²) in [6, 6.07) is 13.8. The molecule has 2 aromatic rings. The van der Waals surface area contributed by atoms with Crippen molar-refractivity contribution in [2.45, 2.75) is 31.3 Å². The monoisotopic (exact) mass is 298 g/mol. The number of fused-ring (bicyclic) bond motifs is 1. The quantitative estimate of drug-likeness (QED) is 0.915. The zero-order valence-corrected chi connectivity index (χ0v) is 12.4. The van der Waals surface area contributed by atoms with Gasteiger partial charge in [0.2, 0.25) is 5.91 Å². The number of rotatable bonds is 3. The third kappa shape index (κ3) is 2.74. The first-order chi connectivity index (χ1) is 10.6. The van der Waals surface area contributed by atoms with Gasteiger partial charge in [-0.3, -0.25) is 4.79 Å². The lowest BCUT2D eigenvalue weighted by Crippen LogP contribution is -2.42. The first-order valence-corrected chi connectivity index (χ1v) is 7.45. The van der Waals surface area contributed by atoms with Crippen LogP contribution in [-0.2, 0) is 11.2 Å². The third-order valence-corrected chi connectivity index (χ3v) is 4.36. The standard InChI is InChI=1S/C18H19FN2O/c1-11(12-6-4-7-14(19)9-12)18(22)21-16-10-13-5-2-3-8-15(13)17(16)20/h2-9,11,16-17H,10,20H2,1H3,(H,21,22)/t11?,16-,17-/m1/s1. The van der Waals surface area contributed by atoms with Gasteiger partial charge in [0, 0.05) is 0 Å². The van der Waals surface area contributed by atoms with Gasteiger partial charge < -0.3 is 11.1 Å². The molecule has 1 aliphatic rings. The van der Waals surface area contributed by atoms with Gasteiger partial charge in [-0.2, -0.15) is 0 Å². The van der Waals surface area contributed by atoms with E-state index < -0.39 is 5.92 Å². The number of halogens is 1. The Bertz CT molecular complexity index is 701. The summed E-state index contributed by atoms with van der Waals surface area (Å²) >= 11 is 0. The highest BCUT2D eigenvalue weighted by atomic mass is 19.1. The molecule has 2 aromatic carbocycles. The average Bonchev–Trinajstić information content (AvgIpc) is 2.83. The van der Waals surface area contributed by atoms with Crippen molar-refractivity contribution in [3.05, 3.63) is 71.0 Å². The Hall–Kier alpha value is -2.20. The molecule has 4 heteroatoms. The van der Waals surface area contributed by atoms with Crippen molar-refractivity contribution in [1.29, 1.82) is 0 Å². The SMILES string of the molecule is CC(C(=O)N[C@@H]1Cc2ccccc2[C@H]1N)c1cccc(F)c1. The molecular formula is C18H19FN2O. The van der Waals surface area contributed by atoms with E-state index in [1.807, 2.05) is 24.3 Å². The summed E-state index contributed by atoms with van der Waals surface area (Å²) in [6.45, 7) is 1.78. The molecule has 0 saturated carbocycles. The predicted octanol–water partition coefficient (Wildman–Crippen LogP) is 2.67. The minimum atomic E-state index is -0.411. The molecule has 22 heavy (non-hydrogen) atoms. The van der Waals surface area contributed by atoms with Crippen LogP contribution in [-0.4, -0.2) is 11.9 Å². The minimum absolute atomic E-state index is 0.110. The Labute approximate surface area is 129 Å². The molecule has 0 saturated heterocycles. The molecule has 0 spiro atoms. The highest BCUT2D eigenvalue weighted by Crippen LogP contribution is 2.29. The first kappa shape index (κ1) is 14.7. The maximum Gasteiger partial charge on any atom is 0.227 e. The van der Waals surface area contributed by atoms with E-state index in [0.29, 0.717) is 5.56 Å². The number of amides is 1. The Kier molecular flexibility index (Phi) is 3.94. The van der Waals surface area contributed by atoms with E-state index in [9.17, 15) is 9.18 Å². The van der Waals surface area contributed by atoms with E-state index in [-0.39, 0.29) is 23.8 Å². The van der Waals surface area contributed by atoms with Crippen molar-refractivity contribution in [2.75, 3.05) is 0 Å². The summed E-state index contributed by atoms with van der Waals surface area (Å²) in [7, 11) is 0. The number of hydrogen-bond acceptors (Lipinski definition) is 2. The molecule has 3 N–H and O–H groups in total. The van der Waals surface area contributed by atoms with Crippen molar-refractivity contribution in [1.82, 2.24) is 5.32 Å². The van der Waals surface area contributed by atoms with Gasteiger partial charge in [0.25, 0.3) is 0 Å². The molecule has 3 rings (SSSR count). The Morgan fingerprint density at radius 2 is 2.05 bits per heavy atom. The van der Waals surface area contributed by atoms with Crippen LogP contribution in [0.1, 0.15) is 35.6 Å². The van der Waals surface area contributed by atoms with E-state index in [2.05, 4.69) is 5.32 Å². The lowest BCUT2D eigenvalue weighted by atomic mass is 9.99. The van der Waals surface area contributed by atoms with Crippen LogP contribution in [0.2, 0.25) is 0 Å². The summed E-state index contributed by atoms with van der Waals surface area (Å²) in [4.78, 5) is 12.4. The highest BCUT2D eigenvalue weighted by molar-refractivity contribution is 5.83. The second kappa shape index (κ2) is 5.89. The van der Waals surface area contributed by atoms with E-state index in [4.69, 9.17) is 5.73 Å². The number of hydrogen-bond donors (Lipinski definition) is 2. The highest BCUT2D eigenvalue weighted by Gasteiger charge is 2.31. The van der Waals surface area contributed by atoms with Crippen LogP contribution in [0.4, 0.5) is 4.39 Å². The summed E-state index contributed by atoms with van der Waals surface area (Å²) < 4.78 is 13.3. The average molecular weight is 298 g/mol. The Balaban J connectivity index is 1.70. The van der Waals surface area contributed by atoms with Crippen molar-refractivity contribution < 1.29 is 9.18 Å². The lowest BCUT2D eigenvalue weighted by molar-refractivity contribution is -0.123. The zero-order chi connectivity index (χ0) is 15.7. The molecule has 1 amide bonds. The summed E-state index contributed by atoms with van der Waals surface area (Å²) in [5.74, 6) is -0.868. The van der Waals surface area contributed by atoms with Gasteiger partial charge in [-0.1, -0.05) is 36.4 Å². The molecule has 0 bridgehead atoms. The second-order valence-electron chi connectivity index (χ2n) is 5.82. The molecule has 114 valence electrons. The summed E-state index contributed by atoms with van der Waals surface area (Å²) in [5.41, 5.74) is 9.16. The van der Waals surface area contributed by atoms with Gasteiger partial charge in [0.15, 0.2) is 0 Å². The van der Waals surface area contributed by atoms with Crippen LogP contribution in [0.15, 0.2) is 48.5 Å². The molecule has 1 aliphatic carbocycles. The van der Waals surface area contributed by atoms with Gasteiger partial charge in [-0.15, -0.1) is 0 Å². The van der Waals surface area contributed by atoms with Crippen molar-refractivity contribution in [2.24, 2.45) is 5.73 Å². The van der Waals surface area contributed by atoms with Gasteiger partial charge in [0.1, 0.15) is 5.82 Å². The van der Waals surface area contributed by atoms with Crippen LogP contribution >= 0.6 is 0 Å². The van der Waals surface area contributed by atoms with E-state index in [1.165, 1.54) is 17.7 Å². The molecule has 0 aliphatic heterocycles. The summed E-state index contributed by atoms with van der Waals surface area (Å²) in [5, 5.41) is 3.01. The molecule has 0 heterocycles. The number of carbonyl (C=O) groups is 1. The Morgan fingerprint density at radius 1 is 1.27 bits per heavy atom. The molecule has 3 atom stereocenters. The molecular weight excluding hydrogens is 279 g/mol.